The predicted molar refractivity (Wildman–Crippen MR) is 151 cm³/mol. The molecule has 1 aromatic carbocycles. The van der Waals surface area contributed by atoms with E-state index in [1.807, 2.05) is 24.1 Å². The molecule has 9 nitrogen and oxygen atoms in total. The van der Waals surface area contributed by atoms with Gasteiger partial charge in [-0.15, -0.1) is 0 Å². The SMILES string of the molecule is C=CC(=O)N1CCN(c2nc(OC[C@@H]3CCCN3C)nc3cc(-c4cccc5c4C(=O)CCC5)n(C)c23)CC1. The molecule has 39 heavy (non-hydrogen) atoms. The number of carbonyl (C=O) groups is 2. The van der Waals surface area contributed by atoms with Crippen molar-refractivity contribution in [3.63, 3.8) is 0 Å². The van der Waals surface area contributed by atoms with Gasteiger partial charge in [0, 0.05) is 56.8 Å². The Morgan fingerprint density at radius 3 is 2.67 bits per heavy atom. The molecule has 1 atom stereocenters. The van der Waals surface area contributed by atoms with Crippen LogP contribution in [0.4, 0.5) is 5.82 Å². The number of carbonyl (C=O) groups excluding carboxylic acids is 2. The number of ether oxygens (including phenoxy) is 1. The van der Waals surface area contributed by atoms with Crippen molar-refractivity contribution in [3.05, 3.63) is 48.0 Å². The van der Waals surface area contributed by atoms with Gasteiger partial charge in [0.05, 0.1) is 11.2 Å². The molecule has 0 spiro atoms. The number of benzene rings is 1. The summed E-state index contributed by atoms with van der Waals surface area (Å²) in [5, 5.41) is 0. The summed E-state index contributed by atoms with van der Waals surface area (Å²) in [6.45, 7) is 7.74. The minimum absolute atomic E-state index is 0.0492. The van der Waals surface area contributed by atoms with Gasteiger partial charge in [0.1, 0.15) is 12.1 Å². The zero-order valence-corrected chi connectivity index (χ0v) is 22.9. The summed E-state index contributed by atoms with van der Waals surface area (Å²) in [4.78, 5) is 41.3. The molecule has 0 unspecified atom stereocenters. The van der Waals surface area contributed by atoms with Crippen molar-refractivity contribution in [1.82, 2.24) is 24.3 Å². The molecule has 6 rings (SSSR count). The van der Waals surface area contributed by atoms with Gasteiger partial charge >= 0.3 is 6.01 Å². The van der Waals surface area contributed by atoms with E-state index in [9.17, 15) is 9.59 Å². The number of aryl methyl sites for hydroxylation is 2. The summed E-state index contributed by atoms with van der Waals surface area (Å²) in [5.41, 5.74) is 5.54. The van der Waals surface area contributed by atoms with E-state index in [1.165, 1.54) is 12.5 Å². The fourth-order valence-corrected chi connectivity index (χ4v) is 6.30. The molecule has 2 aliphatic heterocycles. The largest absolute Gasteiger partial charge is 0.462 e. The lowest BCUT2D eigenvalue weighted by molar-refractivity contribution is -0.126. The average Bonchev–Trinajstić information content (AvgIpc) is 3.53. The molecule has 204 valence electrons. The van der Waals surface area contributed by atoms with E-state index in [2.05, 4.69) is 40.1 Å². The van der Waals surface area contributed by atoms with Crippen LogP contribution in [0.15, 0.2) is 36.9 Å². The van der Waals surface area contributed by atoms with Gasteiger partial charge in [-0.25, -0.2) is 0 Å². The molecule has 9 heteroatoms. The molecule has 1 aliphatic carbocycles. The summed E-state index contributed by atoms with van der Waals surface area (Å²) < 4.78 is 8.32. The van der Waals surface area contributed by atoms with E-state index in [0.717, 1.165) is 65.0 Å². The summed E-state index contributed by atoms with van der Waals surface area (Å²) in [6.07, 6.45) is 6.05. The normalized spacial score (nSPS) is 19.9. The van der Waals surface area contributed by atoms with Gasteiger partial charge in [-0.1, -0.05) is 24.8 Å². The maximum Gasteiger partial charge on any atom is 0.319 e. The molecule has 3 aliphatic rings. The number of nitrogens with zero attached hydrogens (tertiary/aromatic N) is 6. The van der Waals surface area contributed by atoms with Gasteiger partial charge in [-0.2, -0.15) is 9.97 Å². The van der Waals surface area contributed by atoms with Crippen molar-refractivity contribution < 1.29 is 14.3 Å². The second kappa shape index (κ2) is 10.4. The topological polar surface area (TPSA) is 83.8 Å². The zero-order valence-electron chi connectivity index (χ0n) is 22.9. The fraction of sp³-hybridized carbons (Fsp3) is 0.467. The van der Waals surface area contributed by atoms with Gasteiger partial charge in [0.15, 0.2) is 11.6 Å². The minimum Gasteiger partial charge on any atom is -0.462 e. The van der Waals surface area contributed by atoms with Crippen LogP contribution in [0.1, 0.15) is 41.6 Å². The number of hydrogen-bond donors (Lipinski definition) is 0. The van der Waals surface area contributed by atoms with Crippen LogP contribution < -0.4 is 9.64 Å². The van der Waals surface area contributed by atoms with Crippen LogP contribution in [-0.4, -0.2) is 88.4 Å². The number of fused-ring (bicyclic) bond motifs is 2. The van der Waals surface area contributed by atoms with Crippen molar-refractivity contribution in [3.8, 4) is 17.3 Å². The smallest absolute Gasteiger partial charge is 0.319 e. The number of ketones is 1. The maximum atomic E-state index is 13.0. The molecule has 0 radical (unpaired) electrons. The van der Waals surface area contributed by atoms with Crippen molar-refractivity contribution in [1.29, 1.82) is 0 Å². The Hall–Kier alpha value is -3.72. The quantitative estimate of drug-likeness (QED) is 0.453. The van der Waals surface area contributed by atoms with E-state index in [4.69, 9.17) is 14.7 Å². The zero-order chi connectivity index (χ0) is 27.1. The third-order valence-electron chi connectivity index (χ3n) is 8.54. The summed E-state index contributed by atoms with van der Waals surface area (Å²) in [6, 6.07) is 8.93. The second-order valence-corrected chi connectivity index (χ2v) is 10.9. The lowest BCUT2D eigenvalue weighted by atomic mass is 9.86. The highest BCUT2D eigenvalue weighted by Gasteiger charge is 2.28. The van der Waals surface area contributed by atoms with Crippen molar-refractivity contribution >= 4 is 28.5 Å². The third-order valence-corrected chi connectivity index (χ3v) is 8.54. The van der Waals surface area contributed by atoms with E-state index in [0.29, 0.717) is 51.3 Å². The minimum atomic E-state index is -0.0492. The van der Waals surface area contributed by atoms with Crippen LogP contribution in [0, 0.1) is 0 Å². The molecule has 0 saturated carbocycles. The molecule has 0 N–H and O–H groups in total. The molecule has 2 aromatic heterocycles. The number of piperazine rings is 1. The maximum absolute atomic E-state index is 13.0. The highest BCUT2D eigenvalue weighted by Crippen LogP contribution is 2.37. The summed E-state index contributed by atoms with van der Waals surface area (Å²) >= 11 is 0. The van der Waals surface area contributed by atoms with Crippen LogP contribution in [0.3, 0.4) is 0 Å². The first-order valence-electron chi connectivity index (χ1n) is 14.0. The first-order valence-corrected chi connectivity index (χ1v) is 14.0. The third kappa shape index (κ3) is 4.69. The van der Waals surface area contributed by atoms with Gasteiger partial charge < -0.3 is 24.0 Å². The molecule has 4 heterocycles. The van der Waals surface area contributed by atoms with E-state index >= 15 is 0 Å². The number of rotatable bonds is 6. The molecule has 1 amide bonds. The number of amides is 1. The molecule has 3 aromatic rings. The predicted octanol–water partition coefficient (Wildman–Crippen LogP) is 3.46. The van der Waals surface area contributed by atoms with Crippen LogP contribution in [0.25, 0.3) is 22.3 Å². The fourth-order valence-electron chi connectivity index (χ4n) is 6.30. The number of Topliss-reactive ketones (excluding diaryl/α,β-unsaturated/α-hetero) is 1. The van der Waals surface area contributed by atoms with Gasteiger partial charge in [-0.3, -0.25) is 9.59 Å². The Labute approximate surface area is 229 Å². The molecule has 2 fully saturated rings. The lowest BCUT2D eigenvalue weighted by Crippen LogP contribution is -2.48. The van der Waals surface area contributed by atoms with Crippen molar-refractivity contribution in [2.75, 3.05) is 51.3 Å². The number of likely N-dealkylation sites (tertiary alicyclic amines) is 1. The molecular formula is C30H36N6O3. The van der Waals surface area contributed by atoms with Crippen LogP contribution in [0.5, 0.6) is 6.01 Å². The summed E-state index contributed by atoms with van der Waals surface area (Å²) in [5.74, 6) is 0.952. The van der Waals surface area contributed by atoms with Crippen molar-refractivity contribution in [2.24, 2.45) is 7.05 Å². The highest BCUT2D eigenvalue weighted by atomic mass is 16.5. The average molecular weight is 529 g/mol. The Morgan fingerprint density at radius 2 is 1.92 bits per heavy atom. The second-order valence-electron chi connectivity index (χ2n) is 10.9. The summed E-state index contributed by atoms with van der Waals surface area (Å²) in [7, 11) is 4.15. The van der Waals surface area contributed by atoms with Crippen molar-refractivity contribution in [2.45, 2.75) is 38.1 Å². The van der Waals surface area contributed by atoms with Crippen LogP contribution in [0.2, 0.25) is 0 Å². The molecule has 2 saturated heterocycles. The van der Waals surface area contributed by atoms with Gasteiger partial charge in [-0.05, 0) is 57.0 Å². The van der Waals surface area contributed by atoms with Crippen LogP contribution >= 0.6 is 0 Å². The Balaban J connectivity index is 1.41. The number of likely N-dealkylation sites (N-methyl/N-ethyl adjacent to an activating group) is 1. The Kier molecular flexibility index (Phi) is 6.85. The van der Waals surface area contributed by atoms with E-state index in [1.54, 1.807) is 0 Å². The molecule has 0 bridgehead atoms. The van der Waals surface area contributed by atoms with Gasteiger partial charge in [0.2, 0.25) is 5.91 Å². The highest BCUT2D eigenvalue weighted by molar-refractivity contribution is 6.05. The number of aromatic nitrogens is 3. The van der Waals surface area contributed by atoms with E-state index < -0.39 is 0 Å². The van der Waals surface area contributed by atoms with E-state index in [-0.39, 0.29) is 11.7 Å². The monoisotopic (exact) mass is 528 g/mol. The number of hydrogen-bond acceptors (Lipinski definition) is 7. The first-order chi connectivity index (χ1) is 18.9. The first kappa shape index (κ1) is 25.6. The lowest BCUT2D eigenvalue weighted by Gasteiger charge is -2.35. The standard InChI is InChI=1S/C30H36N6O3/c1-4-26(38)35-14-16-36(17-15-35)29-28-23(31-30(32-29)39-19-21-10-7-13-33(21)2)18-24(34(28)3)22-11-5-8-20-9-6-12-25(37)27(20)22/h4-5,8,11,18,21H,1,6-7,9-10,12-17,19H2,2-3H3/t21-/m0/s1. The molecular weight excluding hydrogens is 492 g/mol. The Morgan fingerprint density at radius 1 is 1.10 bits per heavy atom. The van der Waals surface area contributed by atoms with Crippen LogP contribution in [-0.2, 0) is 18.3 Å². The van der Waals surface area contributed by atoms with Gasteiger partial charge in [0.25, 0.3) is 0 Å². The Bertz CT molecular complexity index is 1440. The number of anilines is 1.